The highest BCUT2D eigenvalue weighted by Gasteiger charge is 2.28. The van der Waals surface area contributed by atoms with Gasteiger partial charge in [-0.2, -0.15) is 0 Å². The first kappa shape index (κ1) is 13.9. The van der Waals surface area contributed by atoms with Crippen molar-refractivity contribution in [3.05, 3.63) is 58.9 Å². The third-order valence-corrected chi connectivity index (χ3v) is 3.83. The summed E-state index contributed by atoms with van der Waals surface area (Å²) in [7, 11) is 1.63. The van der Waals surface area contributed by atoms with Crippen LogP contribution in [0.2, 0.25) is 0 Å². The molecule has 21 heavy (non-hydrogen) atoms. The zero-order chi connectivity index (χ0) is 15.0. The Morgan fingerprint density at radius 3 is 2.76 bits per heavy atom. The molecule has 0 fully saturated rings. The van der Waals surface area contributed by atoms with Gasteiger partial charge in [-0.25, -0.2) is 4.39 Å². The normalized spacial score (nSPS) is 20.6. The van der Waals surface area contributed by atoms with Gasteiger partial charge in [0.15, 0.2) is 0 Å². The maximum Gasteiger partial charge on any atom is 0.128 e. The summed E-state index contributed by atoms with van der Waals surface area (Å²) in [5.41, 5.74) is 2.58. The number of methoxy groups -OCH3 is 1. The maximum atomic E-state index is 13.3. The maximum absolute atomic E-state index is 13.3. The first-order chi connectivity index (χ1) is 10.1. The second-order valence-corrected chi connectivity index (χ2v) is 5.27. The summed E-state index contributed by atoms with van der Waals surface area (Å²) in [5.74, 6) is 0.848. The summed E-state index contributed by atoms with van der Waals surface area (Å²) in [6.45, 7) is 1.95. The quantitative estimate of drug-likeness (QED) is 0.915. The van der Waals surface area contributed by atoms with Gasteiger partial charge in [0.2, 0.25) is 0 Å². The van der Waals surface area contributed by atoms with Gasteiger partial charge >= 0.3 is 0 Å². The molecule has 1 unspecified atom stereocenters. The minimum absolute atomic E-state index is 0.293. The Kier molecular flexibility index (Phi) is 3.55. The van der Waals surface area contributed by atoms with Crippen LogP contribution in [0.4, 0.5) is 4.39 Å². The van der Waals surface area contributed by atoms with Crippen molar-refractivity contribution in [2.75, 3.05) is 7.11 Å². The lowest BCUT2D eigenvalue weighted by molar-refractivity contribution is 0.0653. The number of hydrogen-bond donors (Lipinski definition) is 1. The van der Waals surface area contributed by atoms with E-state index in [1.807, 2.05) is 25.1 Å². The van der Waals surface area contributed by atoms with Crippen LogP contribution in [0.3, 0.4) is 0 Å². The number of fused-ring (bicyclic) bond motifs is 1. The lowest BCUT2D eigenvalue weighted by Crippen LogP contribution is -2.19. The highest BCUT2D eigenvalue weighted by atomic mass is 19.1. The molecule has 1 N–H and O–H groups in total. The Hall–Kier alpha value is -2.07. The number of aryl methyl sites for hydroxylation is 1. The molecule has 0 amide bonds. The van der Waals surface area contributed by atoms with E-state index >= 15 is 0 Å². The molecule has 0 aromatic heterocycles. The third kappa shape index (κ3) is 2.59. The molecule has 3 rings (SSSR count). The van der Waals surface area contributed by atoms with Gasteiger partial charge < -0.3 is 14.6 Å². The van der Waals surface area contributed by atoms with Crippen LogP contribution in [0.1, 0.15) is 35.3 Å². The van der Waals surface area contributed by atoms with Crippen molar-refractivity contribution >= 4 is 0 Å². The van der Waals surface area contributed by atoms with E-state index in [-0.39, 0.29) is 11.9 Å². The molecule has 0 bridgehead atoms. The summed E-state index contributed by atoms with van der Waals surface area (Å²) in [6.07, 6.45) is -0.495. The van der Waals surface area contributed by atoms with Gasteiger partial charge in [0.1, 0.15) is 23.4 Å². The minimum atomic E-state index is -0.651. The highest BCUT2D eigenvalue weighted by Crippen LogP contribution is 2.41. The minimum Gasteiger partial charge on any atom is -0.496 e. The Bertz CT molecular complexity index is 669. The fourth-order valence-corrected chi connectivity index (χ4v) is 2.72. The van der Waals surface area contributed by atoms with Gasteiger partial charge in [-0.1, -0.05) is 6.07 Å². The number of benzene rings is 2. The van der Waals surface area contributed by atoms with Gasteiger partial charge in [-0.3, -0.25) is 0 Å². The Morgan fingerprint density at radius 1 is 1.24 bits per heavy atom. The lowest BCUT2D eigenvalue weighted by atomic mass is 9.94. The van der Waals surface area contributed by atoms with Crippen LogP contribution < -0.4 is 9.47 Å². The van der Waals surface area contributed by atoms with E-state index in [0.29, 0.717) is 17.7 Å². The van der Waals surface area contributed by atoms with Crippen LogP contribution in [0, 0.1) is 12.7 Å². The van der Waals surface area contributed by atoms with E-state index in [1.54, 1.807) is 13.2 Å². The zero-order valence-electron chi connectivity index (χ0n) is 12.0. The average molecular weight is 288 g/mol. The Balaban J connectivity index is 1.93. The molecular formula is C17H17FO3. The highest BCUT2D eigenvalue weighted by molar-refractivity contribution is 5.41. The fourth-order valence-electron chi connectivity index (χ4n) is 2.72. The summed E-state index contributed by atoms with van der Waals surface area (Å²) >= 11 is 0. The zero-order valence-corrected chi connectivity index (χ0v) is 12.0. The van der Waals surface area contributed by atoms with Crippen molar-refractivity contribution in [3.63, 3.8) is 0 Å². The summed E-state index contributed by atoms with van der Waals surface area (Å²) in [6, 6.07) is 9.99. The molecule has 0 spiro atoms. The van der Waals surface area contributed by atoms with Gasteiger partial charge in [0.25, 0.3) is 0 Å². The Labute approximate surface area is 122 Å². The third-order valence-electron chi connectivity index (χ3n) is 3.83. The van der Waals surface area contributed by atoms with Crippen LogP contribution >= 0.6 is 0 Å². The van der Waals surface area contributed by atoms with Crippen LogP contribution in [0.25, 0.3) is 0 Å². The number of ether oxygens (including phenoxy) is 2. The van der Waals surface area contributed by atoms with Crippen molar-refractivity contribution in [1.29, 1.82) is 0 Å². The molecule has 2 aromatic carbocycles. The monoisotopic (exact) mass is 288 g/mol. The topological polar surface area (TPSA) is 38.7 Å². The Morgan fingerprint density at radius 2 is 2.05 bits per heavy atom. The second-order valence-electron chi connectivity index (χ2n) is 5.27. The smallest absolute Gasteiger partial charge is 0.128 e. The van der Waals surface area contributed by atoms with Crippen molar-refractivity contribution in [3.8, 4) is 11.5 Å². The number of rotatable bonds is 2. The van der Waals surface area contributed by atoms with Crippen molar-refractivity contribution in [1.82, 2.24) is 0 Å². The summed E-state index contributed by atoms with van der Waals surface area (Å²) in [4.78, 5) is 0. The van der Waals surface area contributed by atoms with E-state index in [2.05, 4.69) is 0 Å². The number of halogens is 1. The van der Waals surface area contributed by atoms with Gasteiger partial charge in [-0.15, -0.1) is 0 Å². The molecule has 0 saturated heterocycles. The van der Waals surface area contributed by atoms with Crippen molar-refractivity contribution < 1.29 is 19.0 Å². The SMILES string of the molecule is COc1ccc(C2C[C@@H](O)c3ccc(F)cc3O2)cc1C. The van der Waals surface area contributed by atoms with E-state index in [9.17, 15) is 9.50 Å². The fraction of sp³-hybridized carbons (Fsp3) is 0.294. The van der Waals surface area contributed by atoms with E-state index in [4.69, 9.17) is 9.47 Å². The van der Waals surface area contributed by atoms with E-state index < -0.39 is 6.10 Å². The summed E-state index contributed by atoms with van der Waals surface area (Å²) < 4.78 is 24.4. The first-order valence-electron chi connectivity index (χ1n) is 6.87. The lowest BCUT2D eigenvalue weighted by Gasteiger charge is -2.30. The number of aliphatic hydroxyl groups excluding tert-OH is 1. The van der Waals surface area contributed by atoms with Gasteiger partial charge in [0, 0.05) is 18.1 Å². The molecule has 2 aromatic rings. The predicted molar refractivity (Wildman–Crippen MR) is 77.1 cm³/mol. The van der Waals surface area contributed by atoms with Crippen LogP contribution in [-0.4, -0.2) is 12.2 Å². The average Bonchev–Trinajstić information content (AvgIpc) is 2.46. The van der Waals surface area contributed by atoms with Crippen LogP contribution in [0.15, 0.2) is 36.4 Å². The molecule has 1 heterocycles. The molecule has 3 nitrogen and oxygen atoms in total. The molecular weight excluding hydrogens is 271 g/mol. The van der Waals surface area contributed by atoms with E-state index in [1.165, 1.54) is 12.1 Å². The molecule has 1 aliphatic rings. The summed E-state index contributed by atoms with van der Waals surface area (Å²) in [5, 5.41) is 10.2. The molecule has 1 aliphatic heterocycles. The molecule has 4 heteroatoms. The van der Waals surface area contributed by atoms with Crippen molar-refractivity contribution in [2.24, 2.45) is 0 Å². The largest absolute Gasteiger partial charge is 0.496 e. The van der Waals surface area contributed by atoms with Crippen LogP contribution in [0.5, 0.6) is 11.5 Å². The molecule has 2 atom stereocenters. The molecule has 0 aliphatic carbocycles. The number of hydrogen-bond acceptors (Lipinski definition) is 3. The van der Waals surface area contributed by atoms with Gasteiger partial charge in [-0.05, 0) is 42.3 Å². The number of aliphatic hydroxyl groups is 1. The van der Waals surface area contributed by atoms with Crippen LogP contribution in [-0.2, 0) is 0 Å². The van der Waals surface area contributed by atoms with Crippen molar-refractivity contribution in [2.45, 2.75) is 25.6 Å². The van der Waals surface area contributed by atoms with E-state index in [0.717, 1.165) is 16.9 Å². The second kappa shape index (κ2) is 5.37. The van der Waals surface area contributed by atoms with Gasteiger partial charge in [0.05, 0.1) is 13.2 Å². The molecule has 0 radical (unpaired) electrons. The first-order valence-corrected chi connectivity index (χ1v) is 6.87. The standard InChI is InChI=1S/C17H17FO3/c1-10-7-11(3-6-15(10)20-2)16-9-14(19)13-5-4-12(18)8-17(13)21-16/h3-8,14,16,19H,9H2,1-2H3/t14-,16?/m1/s1. The molecule has 0 saturated carbocycles. The molecule has 110 valence electrons. The predicted octanol–water partition coefficient (Wildman–Crippen LogP) is 3.70.